The molecule has 1 fully saturated rings. The molecule has 4 aromatic rings. The highest BCUT2D eigenvalue weighted by Crippen LogP contribution is 2.38. The standard InChI is InChI=1S/C28H31FN6O/c1-19-10-11-21-22(7-2-9-24(21)31-16-5-13-29)26(19)36-27-23(8-4-15-32-27)25-12-17-33-28(35-25)34-20-6-3-14-30-18-20/h2,4,7-12,15,17,20,30-31H,3,5-6,13-14,16,18H2,1H3,(H,33,34,35). The van der Waals surface area contributed by atoms with E-state index >= 15 is 0 Å². The molecule has 0 saturated carbocycles. The first kappa shape index (κ1) is 23.9. The molecule has 186 valence electrons. The molecule has 8 heteroatoms. The number of piperidine rings is 1. The van der Waals surface area contributed by atoms with E-state index in [1.54, 1.807) is 12.4 Å². The van der Waals surface area contributed by atoms with E-state index in [0.29, 0.717) is 30.8 Å². The van der Waals surface area contributed by atoms with Gasteiger partial charge in [0.2, 0.25) is 11.8 Å². The van der Waals surface area contributed by atoms with Gasteiger partial charge >= 0.3 is 0 Å². The van der Waals surface area contributed by atoms with Crippen LogP contribution < -0.4 is 20.7 Å². The van der Waals surface area contributed by atoms with Gasteiger partial charge in [-0.3, -0.25) is 4.39 Å². The van der Waals surface area contributed by atoms with E-state index in [-0.39, 0.29) is 6.67 Å². The predicted octanol–water partition coefficient (Wildman–Crippen LogP) is 5.73. The highest BCUT2D eigenvalue weighted by atomic mass is 19.1. The zero-order valence-corrected chi connectivity index (χ0v) is 20.4. The molecule has 1 aliphatic heterocycles. The van der Waals surface area contributed by atoms with Crippen molar-refractivity contribution < 1.29 is 9.13 Å². The quantitative estimate of drug-likeness (QED) is 0.261. The highest BCUT2D eigenvalue weighted by Gasteiger charge is 2.17. The van der Waals surface area contributed by atoms with Crippen molar-refractivity contribution in [1.29, 1.82) is 0 Å². The van der Waals surface area contributed by atoms with Crippen LogP contribution in [-0.4, -0.2) is 47.3 Å². The summed E-state index contributed by atoms with van der Waals surface area (Å²) < 4.78 is 19.1. The monoisotopic (exact) mass is 486 g/mol. The van der Waals surface area contributed by atoms with Gasteiger partial charge in [-0.05, 0) is 62.6 Å². The summed E-state index contributed by atoms with van der Waals surface area (Å²) in [7, 11) is 0. The summed E-state index contributed by atoms with van der Waals surface area (Å²) in [6.07, 6.45) is 6.17. The van der Waals surface area contributed by atoms with Gasteiger partial charge in [0.1, 0.15) is 5.75 Å². The number of pyridine rings is 1. The summed E-state index contributed by atoms with van der Waals surface area (Å²) in [5.41, 5.74) is 3.48. The molecule has 1 aliphatic rings. The number of hydrogen-bond donors (Lipinski definition) is 3. The van der Waals surface area contributed by atoms with E-state index in [2.05, 4.69) is 32.0 Å². The number of alkyl halides is 1. The topological polar surface area (TPSA) is 84.0 Å². The van der Waals surface area contributed by atoms with Gasteiger partial charge < -0.3 is 20.7 Å². The SMILES string of the molecule is Cc1ccc2c(NCCCF)cccc2c1Oc1ncccc1-c1ccnc(NC2CCCNC2)n1. The van der Waals surface area contributed by atoms with Gasteiger partial charge in [-0.25, -0.2) is 15.0 Å². The summed E-state index contributed by atoms with van der Waals surface area (Å²) in [4.78, 5) is 13.8. The minimum Gasteiger partial charge on any atom is -0.437 e. The number of hydrogen-bond acceptors (Lipinski definition) is 7. The lowest BCUT2D eigenvalue weighted by Crippen LogP contribution is -2.38. The number of nitrogens with one attached hydrogen (secondary N) is 3. The molecule has 3 N–H and O–H groups in total. The third kappa shape index (κ3) is 5.39. The van der Waals surface area contributed by atoms with Gasteiger partial charge in [0, 0.05) is 48.0 Å². The Bertz CT molecular complexity index is 1320. The molecule has 0 amide bonds. The second kappa shape index (κ2) is 11.3. The van der Waals surface area contributed by atoms with E-state index in [4.69, 9.17) is 9.72 Å². The van der Waals surface area contributed by atoms with Crippen LogP contribution in [0.4, 0.5) is 16.0 Å². The van der Waals surface area contributed by atoms with Gasteiger partial charge in [-0.2, -0.15) is 0 Å². The van der Waals surface area contributed by atoms with Gasteiger partial charge in [-0.1, -0.05) is 24.3 Å². The lowest BCUT2D eigenvalue weighted by atomic mass is 10.0. The van der Waals surface area contributed by atoms with Crippen molar-refractivity contribution in [3.05, 3.63) is 66.5 Å². The van der Waals surface area contributed by atoms with Crippen molar-refractivity contribution in [1.82, 2.24) is 20.3 Å². The molecule has 36 heavy (non-hydrogen) atoms. The molecule has 2 aromatic carbocycles. The number of nitrogens with zero attached hydrogens (tertiary/aromatic N) is 3. The van der Waals surface area contributed by atoms with Crippen LogP contribution in [0.1, 0.15) is 24.8 Å². The normalized spacial score (nSPS) is 15.6. The third-order valence-corrected chi connectivity index (χ3v) is 6.37. The molecule has 0 spiro atoms. The molecule has 2 aromatic heterocycles. The first-order valence-corrected chi connectivity index (χ1v) is 12.5. The van der Waals surface area contributed by atoms with Crippen LogP contribution >= 0.6 is 0 Å². The Morgan fingerprint density at radius 3 is 2.86 bits per heavy atom. The number of aryl methyl sites for hydroxylation is 1. The Labute approximate surface area is 210 Å². The average molecular weight is 487 g/mol. The molecular formula is C28H31FN6O. The largest absolute Gasteiger partial charge is 0.437 e. The van der Waals surface area contributed by atoms with Crippen LogP contribution in [0.15, 0.2) is 60.9 Å². The molecule has 3 heterocycles. The Hall–Kier alpha value is -3.78. The second-order valence-corrected chi connectivity index (χ2v) is 8.99. The van der Waals surface area contributed by atoms with Crippen molar-refractivity contribution >= 4 is 22.4 Å². The lowest BCUT2D eigenvalue weighted by molar-refractivity contribution is 0.466. The minimum atomic E-state index is -0.342. The van der Waals surface area contributed by atoms with Gasteiger partial charge in [-0.15, -0.1) is 0 Å². The molecule has 0 aliphatic carbocycles. The van der Waals surface area contributed by atoms with Crippen molar-refractivity contribution in [3.8, 4) is 22.9 Å². The number of halogens is 1. The van der Waals surface area contributed by atoms with E-state index < -0.39 is 0 Å². The van der Waals surface area contributed by atoms with E-state index in [1.165, 1.54) is 0 Å². The number of benzene rings is 2. The maximum atomic E-state index is 12.6. The van der Waals surface area contributed by atoms with Crippen LogP contribution in [0.2, 0.25) is 0 Å². The molecule has 0 bridgehead atoms. The molecule has 1 saturated heterocycles. The third-order valence-electron chi connectivity index (χ3n) is 6.37. The first-order valence-electron chi connectivity index (χ1n) is 12.5. The van der Waals surface area contributed by atoms with Crippen molar-refractivity contribution in [2.24, 2.45) is 0 Å². The molecule has 1 unspecified atom stereocenters. The number of fused-ring (bicyclic) bond motifs is 1. The van der Waals surface area contributed by atoms with E-state index in [0.717, 1.165) is 65.0 Å². The fourth-order valence-corrected chi connectivity index (χ4v) is 4.52. The lowest BCUT2D eigenvalue weighted by Gasteiger charge is -2.23. The van der Waals surface area contributed by atoms with Gasteiger partial charge in [0.25, 0.3) is 0 Å². The average Bonchev–Trinajstić information content (AvgIpc) is 2.91. The Balaban J connectivity index is 1.46. The maximum Gasteiger partial charge on any atom is 0.228 e. The molecule has 5 rings (SSSR count). The summed E-state index contributed by atoms with van der Waals surface area (Å²) in [5.74, 6) is 1.82. The Kier molecular flexibility index (Phi) is 7.52. The summed E-state index contributed by atoms with van der Waals surface area (Å²) in [6, 6.07) is 16.1. The zero-order valence-electron chi connectivity index (χ0n) is 20.4. The Morgan fingerprint density at radius 1 is 1.06 bits per heavy atom. The minimum absolute atomic E-state index is 0.310. The molecule has 1 atom stereocenters. The fourth-order valence-electron chi connectivity index (χ4n) is 4.52. The van der Waals surface area contributed by atoms with E-state index in [9.17, 15) is 4.39 Å². The fraction of sp³-hybridized carbons (Fsp3) is 0.321. The highest BCUT2D eigenvalue weighted by molar-refractivity contribution is 5.98. The number of ether oxygens (including phenoxy) is 1. The van der Waals surface area contributed by atoms with Crippen LogP contribution in [0.5, 0.6) is 11.6 Å². The number of rotatable bonds is 9. The summed E-state index contributed by atoms with van der Waals surface area (Å²) in [6.45, 7) is 4.21. The zero-order chi connectivity index (χ0) is 24.7. The van der Waals surface area contributed by atoms with Gasteiger partial charge in [0.05, 0.1) is 17.9 Å². The number of anilines is 2. The molecular weight excluding hydrogens is 455 g/mol. The van der Waals surface area contributed by atoms with E-state index in [1.807, 2.05) is 49.4 Å². The van der Waals surface area contributed by atoms with Crippen LogP contribution in [-0.2, 0) is 0 Å². The van der Waals surface area contributed by atoms with Crippen LogP contribution in [0.25, 0.3) is 22.0 Å². The molecule has 7 nitrogen and oxygen atoms in total. The number of aromatic nitrogens is 3. The maximum absolute atomic E-state index is 12.6. The van der Waals surface area contributed by atoms with Gasteiger partial charge in [0.15, 0.2) is 0 Å². The predicted molar refractivity (Wildman–Crippen MR) is 143 cm³/mol. The van der Waals surface area contributed by atoms with Crippen LogP contribution in [0.3, 0.4) is 0 Å². The van der Waals surface area contributed by atoms with Crippen molar-refractivity contribution in [3.63, 3.8) is 0 Å². The van der Waals surface area contributed by atoms with Crippen molar-refractivity contribution in [2.45, 2.75) is 32.2 Å². The Morgan fingerprint density at radius 2 is 2.00 bits per heavy atom. The summed E-state index contributed by atoms with van der Waals surface area (Å²) >= 11 is 0. The first-order chi connectivity index (χ1) is 17.7. The molecule has 0 radical (unpaired) electrons. The second-order valence-electron chi connectivity index (χ2n) is 8.99. The van der Waals surface area contributed by atoms with Crippen LogP contribution in [0, 0.1) is 6.92 Å². The van der Waals surface area contributed by atoms with Crippen molar-refractivity contribution in [2.75, 3.05) is 36.9 Å². The smallest absolute Gasteiger partial charge is 0.228 e. The summed E-state index contributed by atoms with van der Waals surface area (Å²) in [5, 5.41) is 12.2.